The predicted molar refractivity (Wildman–Crippen MR) is 219 cm³/mol. The largest absolute Gasteiger partial charge is 0.382 e. The van der Waals surface area contributed by atoms with Crippen LogP contribution in [0, 0.1) is 0 Å². The fourth-order valence-electron chi connectivity index (χ4n) is 8.19. The molecule has 4 aliphatic heterocycles. The first kappa shape index (κ1) is 41.1. The molecule has 2 atom stereocenters. The number of aromatic nitrogens is 5. The summed E-state index contributed by atoms with van der Waals surface area (Å²) in [5, 5.41) is 13.6. The van der Waals surface area contributed by atoms with Crippen molar-refractivity contribution in [3.05, 3.63) is 76.7 Å². The van der Waals surface area contributed by atoms with Crippen molar-refractivity contribution >= 4 is 52.8 Å². The van der Waals surface area contributed by atoms with Crippen molar-refractivity contribution in [1.82, 2.24) is 39.8 Å². The number of benzene rings is 1. The van der Waals surface area contributed by atoms with Gasteiger partial charge in [0.25, 0.3) is 17.7 Å². The molecule has 6 amide bonds. The number of hydrogen-bond donors (Lipinski definition) is 2. The predicted octanol–water partition coefficient (Wildman–Crippen LogP) is 2.41. The average molecular weight is 834 g/mol. The smallest absolute Gasteiger partial charge is 0.264 e. The number of piperidine rings is 1. The van der Waals surface area contributed by atoms with E-state index in [2.05, 4.69) is 32.7 Å². The molecule has 1 aromatic carbocycles. The third kappa shape index (κ3) is 8.17. The van der Waals surface area contributed by atoms with Crippen molar-refractivity contribution in [3.8, 4) is 11.5 Å². The van der Waals surface area contributed by atoms with Gasteiger partial charge in [0.05, 0.1) is 55.3 Å². The highest BCUT2D eigenvalue weighted by molar-refractivity contribution is 6.25. The Morgan fingerprint density at radius 1 is 0.951 bits per heavy atom. The molecule has 2 saturated heterocycles. The van der Waals surface area contributed by atoms with Crippen LogP contribution in [0.1, 0.15) is 81.9 Å². The van der Waals surface area contributed by atoms with Crippen LogP contribution < -0.4 is 20.4 Å². The molecule has 61 heavy (non-hydrogen) atoms. The number of aryl methyl sites for hydroxylation is 1. The summed E-state index contributed by atoms with van der Waals surface area (Å²) in [6.07, 6.45) is 3.80. The van der Waals surface area contributed by atoms with Gasteiger partial charge >= 0.3 is 0 Å². The van der Waals surface area contributed by atoms with Gasteiger partial charge in [-0.1, -0.05) is 12.1 Å². The molecule has 0 bridgehead atoms. The first-order valence-electron chi connectivity index (χ1n) is 20.5. The number of ether oxygens (including phenoxy) is 2. The number of nitrogens with one attached hydrogen (secondary N) is 2. The quantitative estimate of drug-likeness (QED) is 0.123. The highest BCUT2D eigenvalue weighted by atomic mass is 16.5. The van der Waals surface area contributed by atoms with Crippen LogP contribution in [0.5, 0.6) is 0 Å². The van der Waals surface area contributed by atoms with Gasteiger partial charge < -0.3 is 29.2 Å². The molecule has 2 fully saturated rings. The summed E-state index contributed by atoms with van der Waals surface area (Å²) in [6, 6.07) is 11.4. The lowest BCUT2D eigenvalue weighted by Gasteiger charge is -2.27. The number of imide groups is 2. The molecule has 8 rings (SSSR count). The van der Waals surface area contributed by atoms with Crippen molar-refractivity contribution in [2.45, 2.75) is 71.2 Å². The zero-order chi connectivity index (χ0) is 42.8. The molecule has 0 saturated carbocycles. The van der Waals surface area contributed by atoms with Crippen LogP contribution in [0.15, 0.2) is 48.8 Å². The Bertz CT molecular complexity index is 2400. The Morgan fingerprint density at radius 2 is 1.77 bits per heavy atom. The third-order valence-electron chi connectivity index (χ3n) is 11.5. The Balaban J connectivity index is 0.841. The van der Waals surface area contributed by atoms with Gasteiger partial charge in [-0.15, -0.1) is 10.2 Å². The van der Waals surface area contributed by atoms with Gasteiger partial charge in [0, 0.05) is 50.4 Å². The van der Waals surface area contributed by atoms with Gasteiger partial charge in [-0.2, -0.15) is 0 Å². The van der Waals surface area contributed by atoms with E-state index in [-0.39, 0.29) is 81.3 Å². The molecule has 1 unspecified atom stereocenters. The Labute approximate surface area is 351 Å². The minimum absolute atomic E-state index is 0.0388. The maximum Gasteiger partial charge on any atom is 0.264 e. The second-order valence-corrected chi connectivity index (χ2v) is 15.4. The van der Waals surface area contributed by atoms with E-state index in [0.29, 0.717) is 53.2 Å². The number of fused-ring (bicyclic) bond motifs is 2. The fraction of sp³-hybridized carbons (Fsp3) is 0.429. The second-order valence-electron chi connectivity index (χ2n) is 15.4. The molecule has 19 heteroatoms. The number of carbonyl (C=O) groups excluding carboxylic acids is 6. The van der Waals surface area contributed by atoms with Crippen molar-refractivity contribution in [2.75, 3.05) is 61.7 Å². The minimum Gasteiger partial charge on any atom is -0.382 e. The lowest BCUT2D eigenvalue weighted by Crippen LogP contribution is -2.54. The zero-order valence-electron chi connectivity index (χ0n) is 34.3. The van der Waals surface area contributed by atoms with Gasteiger partial charge in [-0.05, 0) is 63.4 Å². The second kappa shape index (κ2) is 17.6. The molecule has 3 aromatic heterocycles. The van der Waals surface area contributed by atoms with Crippen LogP contribution in [0.2, 0.25) is 0 Å². The van der Waals surface area contributed by atoms with E-state index in [1.165, 1.54) is 6.07 Å². The van der Waals surface area contributed by atoms with Gasteiger partial charge in [0.15, 0.2) is 5.82 Å². The Morgan fingerprint density at radius 3 is 2.56 bits per heavy atom. The highest BCUT2D eigenvalue weighted by Crippen LogP contribution is 2.35. The van der Waals surface area contributed by atoms with Crippen molar-refractivity contribution in [2.24, 2.45) is 0 Å². The molecule has 7 heterocycles. The number of likely N-dealkylation sites (N-methyl/N-ethyl adjacent to an activating group) is 1. The van der Waals surface area contributed by atoms with Crippen molar-refractivity contribution < 1.29 is 38.2 Å². The standard InChI is InChI=1S/C42H47N11O8/c1-4-50-24-44-48-38(50)30-11-6-12-33(45-30)52-21-28-27(40(52)57)20-34(51-16-7-8-25(51)2)46-31(28)22-49(3)36(55)23-61-19-18-60-17-15-43-29-10-5-9-26-37(29)42(59)53(41(26)58)32-13-14-35(54)47-39(32)56/h5-6,9-12,20,24-25,32,43H,4,7-8,13-19,21-23H2,1-3H3,(H,47,54,56)/t25-,32?/m1/s1. The van der Waals surface area contributed by atoms with E-state index < -0.39 is 29.7 Å². The minimum atomic E-state index is -1.05. The van der Waals surface area contributed by atoms with Gasteiger partial charge in [0.2, 0.25) is 17.7 Å². The van der Waals surface area contributed by atoms with Crippen LogP contribution in [-0.2, 0) is 43.5 Å². The number of amides is 6. The normalized spacial score (nSPS) is 18.5. The van der Waals surface area contributed by atoms with E-state index >= 15 is 0 Å². The van der Waals surface area contributed by atoms with E-state index in [9.17, 15) is 28.8 Å². The summed E-state index contributed by atoms with van der Waals surface area (Å²) in [6.45, 7) is 6.73. The number of nitrogens with zero attached hydrogens (tertiary/aromatic N) is 9. The van der Waals surface area contributed by atoms with E-state index in [0.717, 1.165) is 29.8 Å². The first-order chi connectivity index (χ1) is 29.5. The van der Waals surface area contributed by atoms with Gasteiger partial charge in [-0.3, -0.25) is 43.9 Å². The fourth-order valence-corrected chi connectivity index (χ4v) is 8.19. The molecule has 318 valence electrons. The van der Waals surface area contributed by atoms with Crippen LogP contribution >= 0.6 is 0 Å². The summed E-state index contributed by atoms with van der Waals surface area (Å²) in [7, 11) is 1.68. The molecule has 0 aliphatic carbocycles. The van der Waals surface area contributed by atoms with Gasteiger partial charge in [-0.25, -0.2) is 9.97 Å². The first-order valence-corrected chi connectivity index (χ1v) is 20.5. The summed E-state index contributed by atoms with van der Waals surface area (Å²) < 4.78 is 13.2. The van der Waals surface area contributed by atoms with Crippen LogP contribution in [0.4, 0.5) is 17.3 Å². The summed E-state index contributed by atoms with van der Waals surface area (Å²) in [5.74, 6) is -0.933. The maximum atomic E-state index is 14.1. The van der Waals surface area contributed by atoms with Crippen LogP contribution in [0.3, 0.4) is 0 Å². The topological polar surface area (TPSA) is 214 Å². The zero-order valence-corrected chi connectivity index (χ0v) is 34.3. The summed E-state index contributed by atoms with van der Waals surface area (Å²) in [4.78, 5) is 94.0. The molecule has 0 spiro atoms. The average Bonchev–Trinajstić information content (AvgIpc) is 4.05. The van der Waals surface area contributed by atoms with Crippen LogP contribution in [-0.4, -0.2) is 129 Å². The number of anilines is 3. The van der Waals surface area contributed by atoms with Gasteiger partial charge in [0.1, 0.15) is 36.3 Å². The van der Waals surface area contributed by atoms with E-state index in [1.54, 1.807) is 41.4 Å². The Hall–Kier alpha value is -6.60. The molecule has 2 N–H and O–H groups in total. The molecular formula is C42H47N11O8. The lowest BCUT2D eigenvalue weighted by molar-refractivity contribution is -0.137. The Kier molecular flexibility index (Phi) is 11.8. The summed E-state index contributed by atoms with van der Waals surface area (Å²) in [5.41, 5.74) is 3.30. The van der Waals surface area contributed by atoms with Crippen LogP contribution in [0.25, 0.3) is 11.5 Å². The number of hydrogen-bond acceptors (Lipinski definition) is 14. The summed E-state index contributed by atoms with van der Waals surface area (Å²) >= 11 is 0. The number of rotatable bonds is 16. The molecule has 19 nitrogen and oxygen atoms in total. The number of pyridine rings is 2. The molecule has 4 aromatic rings. The van der Waals surface area contributed by atoms with Crippen molar-refractivity contribution in [3.63, 3.8) is 0 Å². The lowest BCUT2D eigenvalue weighted by atomic mass is 10.0. The molecule has 0 radical (unpaired) electrons. The van der Waals surface area contributed by atoms with Crippen molar-refractivity contribution in [1.29, 1.82) is 0 Å². The van der Waals surface area contributed by atoms with E-state index in [1.807, 2.05) is 29.7 Å². The highest BCUT2D eigenvalue weighted by Gasteiger charge is 2.45. The van der Waals surface area contributed by atoms with E-state index in [4.69, 9.17) is 19.4 Å². The third-order valence-corrected chi connectivity index (χ3v) is 11.5. The SMILES string of the molecule is CCn1cnnc1-c1cccc(N2Cc3c(cc(N4CCC[C@H]4C)nc3CN(C)C(=O)COCCOCCNc3cccc4c3C(=O)N(C3CCC(=O)NC3=O)C4=O)C2=O)n1. The number of carbonyl (C=O) groups is 6. The molecule has 4 aliphatic rings. The maximum absolute atomic E-state index is 14.1. The monoisotopic (exact) mass is 833 g/mol. The molecular weight excluding hydrogens is 787 g/mol.